The molecule has 1 heterocycles. The number of benzene rings is 1. The Kier molecular flexibility index (Phi) is 8.25. The van der Waals surface area contributed by atoms with Gasteiger partial charge in [0.25, 0.3) is 0 Å². The molecule has 5 nitrogen and oxygen atoms in total. The van der Waals surface area contributed by atoms with Crippen molar-refractivity contribution >= 4 is 11.8 Å². The second-order valence-corrected chi connectivity index (χ2v) is 9.87. The molecule has 1 aromatic carbocycles. The molecule has 1 aromatic heterocycles. The summed E-state index contributed by atoms with van der Waals surface area (Å²) in [5, 5.41) is 0. The van der Waals surface area contributed by atoms with E-state index in [0.29, 0.717) is 31.5 Å². The minimum atomic E-state index is 0.0904. The Morgan fingerprint density at radius 2 is 1.73 bits per heavy atom. The van der Waals surface area contributed by atoms with E-state index in [1.165, 1.54) is 31.2 Å². The number of carbonyl (C=O) groups is 2. The molecule has 2 amide bonds. The average molecular weight is 450 g/mol. The van der Waals surface area contributed by atoms with Gasteiger partial charge in [-0.25, -0.2) is 0 Å². The molecule has 0 spiro atoms. The Balaban J connectivity index is 1.37. The molecule has 0 aliphatic heterocycles. The first-order chi connectivity index (χ1) is 16.1. The second kappa shape index (κ2) is 11.5. The quantitative estimate of drug-likeness (QED) is 0.445. The standard InChI is InChI=1S/C28H39N3O2/c1-2-18-30(27(32)17-14-23-9-6-7-10-23)22-28(33)31(25-15-16-25)21-26-13-8-19-29(26)20-24-11-4-3-5-12-24/h3-5,8,11-13,19,23,25H,2,6-7,9-10,14-18,20-22H2,1H3. The summed E-state index contributed by atoms with van der Waals surface area (Å²) in [5.74, 6) is 0.946. The van der Waals surface area contributed by atoms with Gasteiger partial charge in [-0.15, -0.1) is 0 Å². The molecule has 178 valence electrons. The molecule has 4 rings (SSSR count). The highest BCUT2D eigenvalue weighted by molar-refractivity contribution is 5.85. The van der Waals surface area contributed by atoms with Gasteiger partial charge in [0.15, 0.2) is 0 Å². The van der Waals surface area contributed by atoms with Gasteiger partial charge in [-0.1, -0.05) is 62.9 Å². The van der Waals surface area contributed by atoms with Gasteiger partial charge in [0.2, 0.25) is 11.8 Å². The highest BCUT2D eigenvalue weighted by Gasteiger charge is 2.34. The van der Waals surface area contributed by atoms with Gasteiger partial charge < -0.3 is 14.4 Å². The predicted octanol–water partition coefficient (Wildman–Crippen LogP) is 5.24. The van der Waals surface area contributed by atoms with Crippen LogP contribution in [-0.4, -0.2) is 45.3 Å². The van der Waals surface area contributed by atoms with Crippen LogP contribution in [0.2, 0.25) is 0 Å². The van der Waals surface area contributed by atoms with Gasteiger partial charge >= 0.3 is 0 Å². The monoisotopic (exact) mass is 449 g/mol. The van der Waals surface area contributed by atoms with Gasteiger partial charge in [-0.05, 0) is 49.3 Å². The molecular weight excluding hydrogens is 410 g/mol. The van der Waals surface area contributed by atoms with E-state index in [4.69, 9.17) is 0 Å². The van der Waals surface area contributed by atoms with Crippen LogP contribution in [0.5, 0.6) is 0 Å². The maximum absolute atomic E-state index is 13.4. The fraction of sp³-hybridized carbons (Fsp3) is 0.571. The number of rotatable bonds is 12. The van der Waals surface area contributed by atoms with Crippen molar-refractivity contribution < 1.29 is 9.59 Å². The summed E-state index contributed by atoms with van der Waals surface area (Å²) in [7, 11) is 0. The molecule has 0 atom stereocenters. The van der Waals surface area contributed by atoms with Crippen LogP contribution < -0.4 is 0 Å². The van der Waals surface area contributed by atoms with Crippen LogP contribution >= 0.6 is 0 Å². The molecule has 2 fully saturated rings. The zero-order valence-corrected chi connectivity index (χ0v) is 20.1. The van der Waals surface area contributed by atoms with E-state index in [0.717, 1.165) is 37.9 Å². The maximum atomic E-state index is 13.4. The third kappa shape index (κ3) is 6.72. The van der Waals surface area contributed by atoms with Crippen molar-refractivity contribution in [1.82, 2.24) is 14.4 Å². The number of carbonyl (C=O) groups excluding carboxylic acids is 2. The number of amides is 2. The Morgan fingerprint density at radius 1 is 0.970 bits per heavy atom. The van der Waals surface area contributed by atoms with Crippen LogP contribution in [0.15, 0.2) is 48.7 Å². The van der Waals surface area contributed by atoms with E-state index in [1.54, 1.807) is 0 Å². The molecule has 0 unspecified atom stereocenters. The van der Waals surface area contributed by atoms with E-state index >= 15 is 0 Å². The first kappa shape index (κ1) is 23.6. The van der Waals surface area contributed by atoms with Crippen LogP contribution in [0.4, 0.5) is 0 Å². The number of nitrogens with zero attached hydrogens (tertiary/aromatic N) is 3. The van der Waals surface area contributed by atoms with Crippen molar-refractivity contribution in [2.24, 2.45) is 5.92 Å². The van der Waals surface area contributed by atoms with E-state index in [1.807, 2.05) is 15.9 Å². The molecule has 2 aromatic rings. The highest BCUT2D eigenvalue weighted by atomic mass is 16.2. The first-order valence-corrected chi connectivity index (χ1v) is 12.9. The van der Waals surface area contributed by atoms with Gasteiger partial charge in [0, 0.05) is 37.4 Å². The van der Waals surface area contributed by atoms with Crippen molar-refractivity contribution in [3.05, 3.63) is 59.9 Å². The predicted molar refractivity (Wildman–Crippen MR) is 132 cm³/mol. The fourth-order valence-electron chi connectivity index (χ4n) is 5.11. The Bertz CT molecular complexity index is 897. The molecular formula is C28H39N3O2. The summed E-state index contributed by atoms with van der Waals surface area (Å²) >= 11 is 0. The van der Waals surface area contributed by atoms with Gasteiger partial charge in [0.1, 0.15) is 0 Å². The Hall–Kier alpha value is -2.56. The highest BCUT2D eigenvalue weighted by Crippen LogP contribution is 2.30. The van der Waals surface area contributed by atoms with Crippen molar-refractivity contribution in [1.29, 1.82) is 0 Å². The van der Waals surface area contributed by atoms with Crippen LogP contribution in [0, 0.1) is 5.92 Å². The van der Waals surface area contributed by atoms with Crippen LogP contribution in [0.1, 0.15) is 76.0 Å². The first-order valence-electron chi connectivity index (χ1n) is 12.9. The lowest BCUT2D eigenvalue weighted by molar-refractivity contribution is -0.141. The molecule has 33 heavy (non-hydrogen) atoms. The topological polar surface area (TPSA) is 45.6 Å². The average Bonchev–Trinajstić information content (AvgIpc) is 3.34. The van der Waals surface area contributed by atoms with Crippen molar-refractivity contribution in [3.8, 4) is 0 Å². The lowest BCUT2D eigenvalue weighted by Gasteiger charge is -2.28. The van der Waals surface area contributed by atoms with Gasteiger partial charge in [0.05, 0.1) is 13.1 Å². The fourth-order valence-corrected chi connectivity index (χ4v) is 5.11. The maximum Gasteiger partial charge on any atom is 0.242 e. The number of hydrogen-bond donors (Lipinski definition) is 0. The van der Waals surface area contributed by atoms with E-state index in [9.17, 15) is 9.59 Å². The van der Waals surface area contributed by atoms with Gasteiger partial charge in [-0.3, -0.25) is 9.59 Å². The zero-order valence-electron chi connectivity index (χ0n) is 20.1. The van der Waals surface area contributed by atoms with Crippen molar-refractivity contribution in [3.63, 3.8) is 0 Å². The minimum absolute atomic E-state index is 0.0904. The molecule has 0 bridgehead atoms. The summed E-state index contributed by atoms with van der Waals surface area (Å²) in [6, 6.07) is 14.9. The summed E-state index contributed by atoms with van der Waals surface area (Å²) < 4.78 is 2.23. The van der Waals surface area contributed by atoms with Crippen LogP contribution in [-0.2, 0) is 22.7 Å². The summed E-state index contributed by atoms with van der Waals surface area (Å²) in [5.41, 5.74) is 2.40. The lowest BCUT2D eigenvalue weighted by Crippen LogP contribution is -2.44. The molecule has 2 aliphatic carbocycles. The van der Waals surface area contributed by atoms with Crippen LogP contribution in [0.3, 0.4) is 0 Å². The summed E-state index contributed by atoms with van der Waals surface area (Å²) in [6.07, 6.45) is 11.8. The second-order valence-electron chi connectivity index (χ2n) is 9.87. The molecule has 2 aliphatic rings. The molecule has 2 saturated carbocycles. The zero-order chi connectivity index (χ0) is 23.0. The molecule has 5 heteroatoms. The van der Waals surface area contributed by atoms with E-state index in [2.05, 4.69) is 54.1 Å². The molecule has 0 saturated heterocycles. The lowest BCUT2D eigenvalue weighted by atomic mass is 10.0. The smallest absolute Gasteiger partial charge is 0.242 e. The summed E-state index contributed by atoms with van der Waals surface area (Å²) in [6.45, 7) is 4.37. The van der Waals surface area contributed by atoms with Crippen LogP contribution in [0.25, 0.3) is 0 Å². The third-order valence-corrected chi connectivity index (χ3v) is 7.17. The SMILES string of the molecule is CCCN(CC(=O)N(Cc1cccn1Cc1ccccc1)C1CC1)C(=O)CCC1CCCC1. The normalized spacial score (nSPS) is 16.2. The molecule has 0 N–H and O–H groups in total. The number of aromatic nitrogens is 1. The largest absolute Gasteiger partial charge is 0.345 e. The third-order valence-electron chi connectivity index (χ3n) is 7.17. The van der Waals surface area contributed by atoms with Crippen molar-refractivity contribution in [2.75, 3.05) is 13.1 Å². The van der Waals surface area contributed by atoms with Crippen molar-refractivity contribution in [2.45, 2.75) is 83.8 Å². The van der Waals surface area contributed by atoms with E-state index in [-0.39, 0.29) is 18.4 Å². The Labute approximate surface area is 198 Å². The summed E-state index contributed by atoms with van der Waals surface area (Å²) in [4.78, 5) is 30.2. The Morgan fingerprint density at radius 3 is 2.42 bits per heavy atom. The van der Waals surface area contributed by atoms with Gasteiger partial charge in [-0.2, -0.15) is 0 Å². The number of hydrogen-bond acceptors (Lipinski definition) is 2. The van der Waals surface area contributed by atoms with E-state index < -0.39 is 0 Å². The molecule has 0 radical (unpaired) electrons. The minimum Gasteiger partial charge on any atom is -0.345 e.